The fraction of sp³-hybridized carbons (Fsp3) is 0.250. The second-order valence-corrected chi connectivity index (χ2v) is 3.00. The van der Waals surface area contributed by atoms with Crippen LogP contribution < -0.4 is 5.73 Å². The average molecular weight is 274 g/mol. The highest BCUT2D eigenvalue weighted by molar-refractivity contribution is 6.29. The summed E-state index contributed by atoms with van der Waals surface area (Å²) in [4.78, 5) is 14.1. The summed E-state index contributed by atoms with van der Waals surface area (Å²) < 4.78 is 0. The first kappa shape index (κ1) is 16.9. The number of carbonyl (C=O) groups is 1. The molecule has 0 aromatic carbocycles. The maximum absolute atomic E-state index is 10.3. The molecule has 0 saturated carbocycles. The number of aliphatic carboxylic acids is 1. The maximum Gasteiger partial charge on any atom is 0.305 e. The van der Waals surface area contributed by atoms with E-state index in [1.807, 2.05) is 0 Å². The van der Waals surface area contributed by atoms with Crippen molar-refractivity contribution in [2.75, 3.05) is 0 Å². The first-order valence-corrected chi connectivity index (χ1v) is 4.06. The molecule has 0 amide bonds. The average Bonchev–Trinajstić information content (AvgIpc) is 2.03. The summed E-state index contributed by atoms with van der Waals surface area (Å²) in [6.45, 7) is 0. The number of nitrogens with zero attached hydrogens (tertiary/aromatic N) is 1. The van der Waals surface area contributed by atoms with Gasteiger partial charge in [-0.05, 0) is 17.7 Å². The van der Waals surface area contributed by atoms with Crippen molar-refractivity contribution >= 4 is 42.4 Å². The number of pyridine rings is 1. The molecule has 0 aliphatic carbocycles. The molecule has 86 valence electrons. The molecular formula is C8H11Cl3N2O2. The van der Waals surface area contributed by atoms with E-state index in [0.717, 1.165) is 0 Å². The molecule has 0 bridgehead atoms. The fourth-order valence-corrected chi connectivity index (χ4v) is 1.14. The molecule has 0 spiro atoms. The highest BCUT2D eigenvalue weighted by Gasteiger charge is 2.10. The second kappa shape index (κ2) is 7.70. The van der Waals surface area contributed by atoms with Crippen LogP contribution in [-0.4, -0.2) is 16.1 Å². The van der Waals surface area contributed by atoms with Gasteiger partial charge in [0.05, 0.1) is 6.42 Å². The van der Waals surface area contributed by atoms with Gasteiger partial charge in [-0.15, -0.1) is 24.8 Å². The van der Waals surface area contributed by atoms with Crippen molar-refractivity contribution < 1.29 is 9.90 Å². The van der Waals surface area contributed by atoms with E-state index in [4.69, 9.17) is 22.4 Å². The van der Waals surface area contributed by atoms with Gasteiger partial charge in [0.25, 0.3) is 0 Å². The van der Waals surface area contributed by atoms with E-state index in [1.165, 1.54) is 6.20 Å². The van der Waals surface area contributed by atoms with Crippen molar-refractivity contribution in [1.29, 1.82) is 0 Å². The summed E-state index contributed by atoms with van der Waals surface area (Å²) >= 11 is 5.61. The molecule has 4 nitrogen and oxygen atoms in total. The predicted octanol–water partition coefficient (Wildman–Crippen LogP) is 2.05. The van der Waals surface area contributed by atoms with Crippen LogP contribution in [0.1, 0.15) is 18.0 Å². The Morgan fingerprint density at radius 2 is 2.20 bits per heavy atom. The predicted molar refractivity (Wildman–Crippen MR) is 62.9 cm³/mol. The molecule has 0 aliphatic rings. The number of halogens is 3. The maximum atomic E-state index is 10.3. The zero-order chi connectivity index (χ0) is 9.84. The minimum absolute atomic E-state index is 0. The van der Waals surface area contributed by atoms with Gasteiger partial charge in [0, 0.05) is 12.2 Å². The minimum Gasteiger partial charge on any atom is -0.481 e. The van der Waals surface area contributed by atoms with E-state index >= 15 is 0 Å². The molecule has 0 fully saturated rings. The molecule has 1 rings (SSSR count). The van der Waals surface area contributed by atoms with E-state index in [9.17, 15) is 4.79 Å². The molecule has 1 unspecified atom stereocenters. The van der Waals surface area contributed by atoms with Gasteiger partial charge in [-0.1, -0.05) is 11.6 Å². The monoisotopic (exact) mass is 272 g/mol. The van der Waals surface area contributed by atoms with Crippen LogP contribution in [0.25, 0.3) is 0 Å². The van der Waals surface area contributed by atoms with Gasteiger partial charge in [-0.2, -0.15) is 0 Å². The van der Waals surface area contributed by atoms with E-state index in [1.54, 1.807) is 12.1 Å². The van der Waals surface area contributed by atoms with Crippen LogP contribution in [0.15, 0.2) is 18.3 Å². The summed E-state index contributed by atoms with van der Waals surface area (Å²) in [6, 6.07) is 2.69. The van der Waals surface area contributed by atoms with E-state index < -0.39 is 12.0 Å². The quantitative estimate of drug-likeness (QED) is 0.827. The fourth-order valence-electron chi connectivity index (χ4n) is 0.954. The molecule has 15 heavy (non-hydrogen) atoms. The summed E-state index contributed by atoms with van der Waals surface area (Å²) in [6.07, 6.45) is 1.39. The highest BCUT2D eigenvalue weighted by atomic mass is 35.5. The Labute approximate surface area is 105 Å². The van der Waals surface area contributed by atoms with Crippen LogP contribution in [0.3, 0.4) is 0 Å². The van der Waals surface area contributed by atoms with Crippen molar-refractivity contribution in [3.05, 3.63) is 29.0 Å². The smallest absolute Gasteiger partial charge is 0.305 e. The van der Waals surface area contributed by atoms with Crippen LogP contribution in [0.4, 0.5) is 0 Å². The molecule has 3 N–H and O–H groups in total. The number of nitrogens with two attached hydrogens (primary N) is 1. The summed E-state index contributed by atoms with van der Waals surface area (Å²) in [5.41, 5.74) is 6.28. The summed E-state index contributed by atoms with van der Waals surface area (Å²) in [5, 5.41) is 8.80. The topological polar surface area (TPSA) is 76.2 Å². The van der Waals surface area contributed by atoms with Crippen LogP contribution in [0, 0.1) is 0 Å². The summed E-state index contributed by atoms with van der Waals surface area (Å²) in [7, 11) is 0. The van der Waals surface area contributed by atoms with Crippen molar-refractivity contribution in [2.24, 2.45) is 5.73 Å². The van der Waals surface area contributed by atoms with Gasteiger partial charge in [0.2, 0.25) is 0 Å². The number of hydrogen-bond acceptors (Lipinski definition) is 3. The van der Waals surface area contributed by atoms with Crippen molar-refractivity contribution in [1.82, 2.24) is 4.98 Å². The first-order chi connectivity index (χ1) is 6.09. The van der Waals surface area contributed by atoms with Gasteiger partial charge >= 0.3 is 5.97 Å². The third-order valence-corrected chi connectivity index (χ3v) is 1.78. The number of carboxylic acids is 1. The third-order valence-electron chi connectivity index (χ3n) is 1.57. The molecule has 0 saturated heterocycles. The Morgan fingerprint density at radius 1 is 1.60 bits per heavy atom. The molecule has 7 heteroatoms. The van der Waals surface area contributed by atoms with E-state index in [-0.39, 0.29) is 31.2 Å². The number of carboxylic acid groups (broad SMARTS) is 1. The van der Waals surface area contributed by atoms with Crippen LogP contribution in [0.5, 0.6) is 0 Å². The van der Waals surface area contributed by atoms with Crippen molar-refractivity contribution in [2.45, 2.75) is 12.5 Å². The Hall–Kier alpha value is -0.550. The largest absolute Gasteiger partial charge is 0.481 e. The Kier molecular flexibility index (Phi) is 8.66. The van der Waals surface area contributed by atoms with Crippen LogP contribution >= 0.6 is 36.4 Å². The van der Waals surface area contributed by atoms with Gasteiger partial charge in [0.1, 0.15) is 5.15 Å². The number of aromatic nitrogens is 1. The number of rotatable bonds is 3. The lowest BCUT2D eigenvalue weighted by Gasteiger charge is -2.08. The zero-order valence-electron chi connectivity index (χ0n) is 7.59. The summed E-state index contributed by atoms with van der Waals surface area (Å²) in [5.74, 6) is -0.930. The van der Waals surface area contributed by atoms with Gasteiger partial charge in [-0.25, -0.2) is 4.98 Å². The molecule has 0 radical (unpaired) electrons. The standard InChI is InChI=1S/C8H9ClN2O2.2ClH/c9-7-3-5(1-2-11-7)6(10)4-8(12)13;;/h1-3,6H,4,10H2,(H,12,13);2*1H. The van der Waals surface area contributed by atoms with Gasteiger partial charge < -0.3 is 10.8 Å². The van der Waals surface area contributed by atoms with Crippen LogP contribution in [0.2, 0.25) is 5.15 Å². The molecule has 1 atom stereocenters. The minimum atomic E-state index is -0.930. The number of hydrogen-bond donors (Lipinski definition) is 2. The normalized spacial score (nSPS) is 10.8. The lowest BCUT2D eigenvalue weighted by atomic mass is 10.1. The Balaban J connectivity index is 0. The Bertz CT molecular complexity index is 323. The highest BCUT2D eigenvalue weighted by Crippen LogP contribution is 2.16. The van der Waals surface area contributed by atoms with Gasteiger partial charge in [0.15, 0.2) is 0 Å². The molecule has 1 heterocycles. The molecule has 1 aromatic heterocycles. The molecular weight excluding hydrogens is 262 g/mol. The van der Waals surface area contributed by atoms with Crippen molar-refractivity contribution in [3.8, 4) is 0 Å². The second-order valence-electron chi connectivity index (χ2n) is 2.62. The van der Waals surface area contributed by atoms with Crippen LogP contribution in [-0.2, 0) is 4.79 Å². The van der Waals surface area contributed by atoms with Crippen molar-refractivity contribution in [3.63, 3.8) is 0 Å². The molecule has 1 aromatic rings. The van der Waals surface area contributed by atoms with Gasteiger partial charge in [-0.3, -0.25) is 4.79 Å². The first-order valence-electron chi connectivity index (χ1n) is 3.68. The lowest BCUT2D eigenvalue weighted by molar-refractivity contribution is -0.137. The van der Waals surface area contributed by atoms with E-state index in [2.05, 4.69) is 4.98 Å². The third kappa shape index (κ3) is 5.79. The Morgan fingerprint density at radius 3 is 2.67 bits per heavy atom. The SMILES string of the molecule is Cl.Cl.NC(CC(=O)O)c1ccnc(Cl)c1. The van der Waals surface area contributed by atoms with E-state index in [0.29, 0.717) is 10.7 Å². The lowest BCUT2D eigenvalue weighted by Crippen LogP contribution is -2.14. The molecule has 0 aliphatic heterocycles. The zero-order valence-corrected chi connectivity index (χ0v) is 9.98.